The van der Waals surface area contributed by atoms with E-state index < -0.39 is 0 Å². The Bertz CT molecular complexity index is 1040. The highest BCUT2D eigenvalue weighted by Crippen LogP contribution is 2.33. The highest BCUT2D eigenvalue weighted by atomic mass is 127. The number of halogens is 1. The van der Waals surface area contributed by atoms with Gasteiger partial charge in [0.25, 0.3) is 0 Å². The van der Waals surface area contributed by atoms with E-state index in [9.17, 15) is 0 Å². The molecule has 0 atom stereocenters. The van der Waals surface area contributed by atoms with Crippen LogP contribution in [0.1, 0.15) is 63.0 Å². The normalized spacial score (nSPS) is 22.1. The van der Waals surface area contributed by atoms with E-state index in [1.807, 2.05) is 6.33 Å². The molecule has 2 aliphatic rings. The summed E-state index contributed by atoms with van der Waals surface area (Å²) in [4.78, 5) is 14.5. The summed E-state index contributed by atoms with van der Waals surface area (Å²) in [6, 6.07) is 9.71. The van der Waals surface area contributed by atoms with Gasteiger partial charge in [-0.3, -0.25) is 0 Å². The van der Waals surface area contributed by atoms with Crippen LogP contribution in [0.5, 0.6) is 0 Å². The second-order valence-electron chi connectivity index (χ2n) is 8.90. The fraction of sp³-hybridized carbons (Fsp3) is 0.522. The zero-order valence-corrected chi connectivity index (χ0v) is 19.9. The zero-order chi connectivity index (χ0) is 21.2. The van der Waals surface area contributed by atoms with E-state index in [1.165, 1.54) is 34.8 Å². The Kier molecular flexibility index (Phi) is 6.27. The van der Waals surface area contributed by atoms with Crippen LogP contribution in [0.3, 0.4) is 0 Å². The van der Waals surface area contributed by atoms with E-state index in [4.69, 9.17) is 20.7 Å². The number of nitrogens with two attached hydrogens (primary N) is 1. The Hall–Kier alpha value is -1.94. The number of hydrogen-bond acceptors (Lipinski definition) is 6. The molecule has 0 spiro atoms. The summed E-state index contributed by atoms with van der Waals surface area (Å²) in [5, 5.41) is 7.12. The third-order valence-electron chi connectivity index (χ3n) is 6.59. The quantitative estimate of drug-likeness (QED) is 0.395. The van der Waals surface area contributed by atoms with Gasteiger partial charge >= 0.3 is 0 Å². The van der Waals surface area contributed by atoms with Crippen molar-refractivity contribution < 1.29 is 0 Å². The first-order chi connectivity index (χ1) is 15.2. The van der Waals surface area contributed by atoms with Gasteiger partial charge in [0, 0.05) is 28.2 Å². The predicted octanol–water partition coefficient (Wildman–Crippen LogP) is 4.84. The molecule has 2 aromatic heterocycles. The molecule has 0 aliphatic heterocycles. The van der Waals surface area contributed by atoms with Crippen LogP contribution < -0.4 is 16.4 Å². The van der Waals surface area contributed by atoms with Gasteiger partial charge in [0.1, 0.15) is 0 Å². The number of imidazole rings is 1. The van der Waals surface area contributed by atoms with Gasteiger partial charge in [-0.05, 0) is 78.8 Å². The summed E-state index contributed by atoms with van der Waals surface area (Å²) in [6.07, 6.45) is 11.1. The maximum Gasteiger partial charge on any atom is 0.227 e. The van der Waals surface area contributed by atoms with Crippen molar-refractivity contribution >= 4 is 45.5 Å². The molecule has 0 saturated heterocycles. The smallest absolute Gasteiger partial charge is 0.227 e. The molecule has 0 amide bonds. The highest BCUT2D eigenvalue weighted by molar-refractivity contribution is 14.1. The van der Waals surface area contributed by atoms with Crippen molar-refractivity contribution in [1.29, 1.82) is 0 Å². The van der Waals surface area contributed by atoms with Crippen LogP contribution in [0.4, 0.5) is 11.8 Å². The minimum absolute atomic E-state index is 0.330. The molecule has 5 rings (SSSR count). The van der Waals surface area contributed by atoms with Crippen molar-refractivity contribution in [3.8, 4) is 0 Å². The number of benzene rings is 1. The van der Waals surface area contributed by atoms with Gasteiger partial charge in [0.2, 0.25) is 5.95 Å². The molecule has 2 fully saturated rings. The Morgan fingerprint density at radius 3 is 2.65 bits per heavy atom. The SMILES string of the molecule is NC1CCC(Nc2nc(NCc3cccc(I)c3)c3ncn(C4CCCC4)c3n2)CC1. The van der Waals surface area contributed by atoms with Gasteiger partial charge in [-0.1, -0.05) is 25.0 Å². The lowest BCUT2D eigenvalue weighted by molar-refractivity contribution is 0.410. The van der Waals surface area contributed by atoms with Gasteiger partial charge in [0.15, 0.2) is 17.0 Å². The van der Waals surface area contributed by atoms with Crippen molar-refractivity contribution in [1.82, 2.24) is 19.5 Å². The largest absolute Gasteiger partial charge is 0.364 e. The van der Waals surface area contributed by atoms with Gasteiger partial charge in [-0.2, -0.15) is 9.97 Å². The lowest BCUT2D eigenvalue weighted by Gasteiger charge is -2.27. The summed E-state index contributed by atoms with van der Waals surface area (Å²) in [5.74, 6) is 1.49. The van der Waals surface area contributed by atoms with Gasteiger partial charge in [0.05, 0.1) is 6.33 Å². The highest BCUT2D eigenvalue weighted by Gasteiger charge is 2.23. The van der Waals surface area contributed by atoms with Crippen molar-refractivity contribution in [3.63, 3.8) is 0 Å². The summed E-state index contributed by atoms with van der Waals surface area (Å²) in [6.45, 7) is 0.705. The third kappa shape index (κ3) is 4.79. The first-order valence-electron chi connectivity index (χ1n) is 11.4. The average Bonchev–Trinajstić information content (AvgIpc) is 3.43. The molecule has 2 saturated carbocycles. The molecule has 2 aliphatic carbocycles. The first kappa shape index (κ1) is 20.9. The van der Waals surface area contributed by atoms with Crippen molar-refractivity contribution in [2.45, 2.75) is 76.0 Å². The Morgan fingerprint density at radius 1 is 1.06 bits per heavy atom. The van der Waals surface area contributed by atoms with Crippen LogP contribution >= 0.6 is 22.6 Å². The molecule has 3 aromatic rings. The van der Waals surface area contributed by atoms with Crippen LogP contribution in [0, 0.1) is 3.57 Å². The minimum atomic E-state index is 0.330. The molecule has 31 heavy (non-hydrogen) atoms. The number of anilines is 2. The first-order valence-corrected chi connectivity index (χ1v) is 12.5. The van der Waals surface area contributed by atoms with Crippen LogP contribution in [-0.2, 0) is 6.54 Å². The standard InChI is InChI=1S/C23H30IN7/c24-16-5-3-4-15(12-16)13-26-21-20-22(31(14-27-20)19-6-1-2-7-19)30-23(29-21)28-18-10-8-17(25)9-11-18/h3-5,12,14,17-19H,1-2,6-11,13,25H2,(H2,26,28,29,30). The number of nitrogens with zero attached hydrogens (tertiary/aromatic N) is 4. The number of rotatable bonds is 6. The minimum Gasteiger partial charge on any atom is -0.364 e. The summed E-state index contributed by atoms with van der Waals surface area (Å²) < 4.78 is 3.50. The fourth-order valence-electron chi connectivity index (χ4n) is 4.83. The van der Waals surface area contributed by atoms with E-state index in [-0.39, 0.29) is 0 Å². The summed E-state index contributed by atoms with van der Waals surface area (Å²) in [5.41, 5.74) is 9.10. The van der Waals surface area contributed by atoms with E-state index in [2.05, 4.69) is 62.1 Å². The van der Waals surface area contributed by atoms with Crippen molar-refractivity contribution in [2.24, 2.45) is 5.73 Å². The Balaban J connectivity index is 1.45. The van der Waals surface area contributed by atoms with E-state index in [1.54, 1.807) is 0 Å². The number of nitrogens with one attached hydrogen (secondary N) is 2. The predicted molar refractivity (Wildman–Crippen MR) is 133 cm³/mol. The lowest BCUT2D eigenvalue weighted by Crippen LogP contribution is -2.33. The molecule has 1 aromatic carbocycles. The maximum atomic E-state index is 6.09. The summed E-state index contributed by atoms with van der Waals surface area (Å²) >= 11 is 2.35. The van der Waals surface area contributed by atoms with Gasteiger partial charge < -0.3 is 20.9 Å². The van der Waals surface area contributed by atoms with Crippen LogP contribution in [0.15, 0.2) is 30.6 Å². The van der Waals surface area contributed by atoms with E-state index in [0.717, 1.165) is 42.7 Å². The second kappa shape index (κ2) is 9.28. The topological polar surface area (TPSA) is 93.7 Å². The fourth-order valence-corrected chi connectivity index (χ4v) is 5.44. The van der Waals surface area contributed by atoms with Gasteiger partial charge in [-0.25, -0.2) is 4.98 Å². The second-order valence-corrected chi connectivity index (χ2v) is 10.1. The van der Waals surface area contributed by atoms with E-state index >= 15 is 0 Å². The molecular weight excluding hydrogens is 501 g/mol. The molecule has 8 heteroatoms. The van der Waals surface area contributed by atoms with Crippen LogP contribution in [0.2, 0.25) is 0 Å². The maximum absolute atomic E-state index is 6.09. The molecule has 0 radical (unpaired) electrons. The monoisotopic (exact) mass is 531 g/mol. The molecule has 2 heterocycles. The van der Waals surface area contributed by atoms with Crippen molar-refractivity contribution in [2.75, 3.05) is 10.6 Å². The lowest BCUT2D eigenvalue weighted by atomic mass is 9.92. The number of hydrogen-bond donors (Lipinski definition) is 3. The number of aromatic nitrogens is 4. The molecule has 4 N–H and O–H groups in total. The Morgan fingerprint density at radius 2 is 1.87 bits per heavy atom. The molecule has 164 valence electrons. The average molecular weight is 531 g/mol. The molecular formula is C23H30IN7. The molecule has 0 bridgehead atoms. The van der Waals surface area contributed by atoms with Crippen LogP contribution in [-0.4, -0.2) is 31.6 Å². The summed E-state index contributed by atoms with van der Waals surface area (Å²) in [7, 11) is 0. The van der Waals surface area contributed by atoms with E-state index in [0.29, 0.717) is 30.6 Å². The van der Waals surface area contributed by atoms with Crippen molar-refractivity contribution in [3.05, 3.63) is 39.7 Å². The third-order valence-corrected chi connectivity index (χ3v) is 7.26. The van der Waals surface area contributed by atoms with Gasteiger partial charge in [-0.15, -0.1) is 0 Å². The molecule has 0 unspecified atom stereocenters. The zero-order valence-electron chi connectivity index (χ0n) is 17.7. The van der Waals surface area contributed by atoms with Crippen LogP contribution in [0.25, 0.3) is 11.2 Å². The number of fused-ring (bicyclic) bond motifs is 1. The Labute approximate surface area is 196 Å². The molecule has 7 nitrogen and oxygen atoms in total.